The molecule has 0 N–H and O–H groups in total. The van der Waals surface area contributed by atoms with Gasteiger partial charge < -0.3 is 14.5 Å². The lowest BCUT2D eigenvalue weighted by Gasteiger charge is -2.44. The molecule has 33 heavy (non-hydrogen) atoms. The number of aryl methyl sites for hydroxylation is 1. The number of para-hydroxylation sites is 1. The molecular formula is C27H33ClN2O3. The number of hydrogen-bond acceptors (Lipinski definition) is 3. The molecule has 0 unspecified atom stereocenters. The van der Waals surface area contributed by atoms with E-state index in [4.69, 9.17) is 16.3 Å². The molecule has 6 heteroatoms. The molecule has 1 fully saturated rings. The monoisotopic (exact) mass is 468 g/mol. The van der Waals surface area contributed by atoms with Gasteiger partial charge in [0.1, 0.15) is 5.75 Å². The predicted octanol–water partition coefficient (Wildman–Crippen LogP) is 4.76. The van der Waals surface area contributed by atoms with Crippen molar-refractivity contribution >= 4 is 23.4 Å². The number of carbonyl (C=O) groups excluding carboxylic acids is 2. The Bertz CT molecular complexity index is 985. The fourth-order valence-corrected chi connectivity index (χ4v) is 5.34. The molecule has 4 rings (SSSR count). The molecule has 2 aromatic carbocycles. The van der Waals surface area contributed by atoms with Gasteiger partial charge in [-0.3, -0.25) is 9.59 Å². The summed E-state index contributed by atoms with van der Waals surface area (Å²) < 4.78 is 5.88. The summed E-state index contributed by atoms with van der Waals surface area (Å²) in [7, 11) is 1.88. The van der Waals surface area contributed by atoms with Crippen LogP contribution in [0.2, 0.25) is 5.02 Å². The van der Waals surface area contributed by atoms with Gasteiger partial charge in [0.15, 0.2) is 6.61 Å². The van der Waals surface area contributed by atoms with E-state index in [1.165, 1.54) is 5.56 Å². The van der Waals surface area contributed by atoms with Crippen LogP contribution in [0.4, 0.5) is 0 Å². The summed E-state index contributed by atoms with van der Waals surface area (Å²) in [5.74, 6) is 0.947. The smallest absolute Gasteiger partial charge is 0.260 e. The fourth-order valence-electron chi connectivity index (χ4n) is 5.14. The van der Waals surface area contributed by atoms with Crippen LogP contribution >= 0.6 is 11.6 Å². The largest absolute Gasteiger partial charge is 0.483 e. The highest BCUT2D eigenvalue weighted by Gasteiger charge is 2.37. The standard InChI is InChI=1S/C27H33ClN2O3/c1-29-20-27(13-7-6-9-21-8-3-5-12-24(21)33-19-26(29)32)14-16-30(17-15-27)25(31)18-22-10-2-4-11-23(22)28/h2-5,8,10-12H,6-7,9,13-20H2,1H3. The Morgan fingerprint density at radius 2 is 1.76 bits per heavy atom. The normalized spacial score (nSPS) is 19.3. The predicted molar refractivity (Wildman–Crippen MR) is 131 cm³/mol. The van der Waals surface area contributed by atoms with Crippen molar-refractivity contribution in [2.75, 3.05) is 33.3 Å². The molecule has 2 aliphatic rings. The second-order valence-electron chi connectivity index (χ2n) is 9.50. The van der Waals surface area contributed by atoms with Gasteiger partial charge in [-0.05, 0) is 60.8 Å². The van der Waals surface area contributed by atoms with Crippen LogP contribution in [0.25, 0.3) is 0 Å². The molecule has 176 valence electrons. The topological polar surface area (TPSA) is 49.9 Å². The van der Waals surface area contributed by atoms with Gasteiger partial charge in [-0.25, -0.2) is 0 Å². The lowest BCUT2D eigenvalue weighted by molar-refractivity contribution is -0.137. The molecule has 2 heterocycles. The Kier molecular flexibility index (Phi) is 7.59. The number of amides is 2. The van der Waals surface area contributed by atoms with Gasteiger partial charge in [-0.15, -0.1) is 0 Å². The Morgan fingerprint density at radius 1 is 1.03 bits per heavy atom. The minimum absolute atomic E-state index is 0.00183. The summed E-state index contributed by atoms with van der Waals surface area (Å²) in [4.78, 5) is 29.5. The molecule has 5 nitrogen and oxygen atoms in total. The molecule has 1 spiro atoms. The number of hydrogen-bond donors (Lipinski definition) is 0. The van der Waals surface area contributed by atoms with Crippen LogP contribution in [0.3, 0.4) is 0 Å². The van der Waals surface area contributed by atoms with E-state index in [-0.39, 0.29) is 23.8 Å². The highest BCUT2D eigenvalue weighted by molar-refractivity contribution is 6.31. The second-order valence-corrected chi connectivity index (χ2v) is 9.91. The van der Waals surface area contributed by atoms with Crippen molar-refractivity contribution in [3.8, 4) is 5.75 Å². The number of ether oxygens (including phenoxy) is 1. The quantitative estimate of drug-likeness (QED) is 0.638. The molecule has 0 bridgehead atoms. The van der Waals surface area contributed by atoms with E-state index in [0.29, 0.717) is 18.0 Å². The van der Waals surface area contributed by atoms with Crippen LogP contribution in [-0.2, 0) is 22.4 Å². The molecule has 2 aromatic rings. The van der Waals surface area contributed by atoms with Gasteiger partial charge in [0.25, 0.3) is 5.91 Å². The molecule has 2 aliphatic heterocycles. The molecule has 1 saturated heterocycles. The number of carbonyl (C=O) groups is 2. The number of likely N-dealkylation sites (tertiary alicyclic amines) is 1. The summed E-state index contributed by atoms with van der Waals surface area (Å²) in [5, 5.41) is 0.641. The van der Waals surface area contributed by atoms with Gasteiger partial charge >= 0.3 is 0 Å². The van der Waals surface area contributed by atoms with E-state index in [1.54, 1.807) is 0 Å². The second kappa shape index (κ2) is 10.6. The zero-order valence-electron chi connectivity index (χ0n) is 19.4. The first-order valence-corrected chi connectivity index (χ1v) is 12.3. The highest BCUT2D eigenvalue weighted by Crippen LogP contribution is 2.38. The van der Waals surface area contributed by atoms with E-state index in [0.717, 1.165) is 62.9 Å². The van der Waals surface area contributed by atoms with Crippen molar-refractivity contribution in [1.82, 2.24) is 9.80 Å². The van der Waals surface area contributed by atoms with Crippen LogP contribution in [-0.4, -0.2) is 54.9 Å². The van der Waals surface area contributed by atoms with Crippen molar-refractivity contribution < 1.29 is 14.3 Å². The van der Waals surface area contributed by atoms with E-state index >= 15 is 0 Å². The molecular weight excluding hydrogens is 436 g/mol. The van der Waals surface area contributed by atoms with Crippen LogP contribution in [0.5, 0.6) is 5.75 Å². The summed E-state index contributed by atoms with van der Waals surface area (Å²) >= 11 is 6.25. The number of benzene rings is 2. The molecule has 0 saturated carbocycles. The minimum atomic E-state index is 0.00183. The van der Waals surface area contributed by atoms with Gasteiger partial charge in [0.05, 0.1) is 6.42 Å². The van der Waals surface area contributed by atoms with Crippen molar-refractivity contribution in [2.45, 2.75) is 44.9 Å². The third-order valence-electron chi connectivity index (χ3n) is 7.20. The first-order valence-electron chi connectivity index (χ1n) is 11.9. The molecule has 0 aliphatic carbocycles. The van der Waals surface area contributed by atoms with Gasteiger partial charge in [0.2, 0.25) is 5.91 Å². The zero-order chi connectivity index (χ0) is 23.3. The van der Waals surface area contributed by atoms with Crippen molar-refractivity contribution in [1.29, 1.82) is 0 Å². The van der Waals surface area contributed by atoms with Crippen LogP contribution in [0.1, 0.15) is 43.2 Å². The lowest BCUT2D eigenvalue weighted by Crippen LogP contribution is -2.49. The van der Waals surface area contributed by atoms with E-state index < -0.39 is 0 Å². The fraction of sp³-hybridized carbons (Fsp3) is 0.481. The van der Waals surface area contributed by atoms with E-state index in [2.05, 4.69) is 6.07 Å². The Hall–Kier alpha value is -2.53. The minimum Gasteiger partial charge on any atom is -0.483 e. The number of fused-ring (bicyclic) bond motifs is 1. The highest BCUT2D eigenvalue weighted by atomic mass is 35.5. The summed E-state index contributed by atoms with van der Waals surface area (Å²) in [6.07, 6.45) is 6.38. The summed E-state index contributed by atoms with van der Waals surface area (Å²) in [5.41, 5.74) is 2.09. The van der Waals surface area contributed by atoms with Crippen LogP contribution in [0.15, 0.2) is 48.5 Å². The third kappa shape index (κ3) is 5.89. The van der Waals surface area contributed by atoms with Crippen molar-refractivity contribution in [2.24, 2.45) is 5.41 Å². The van der Waals surface area contributed by atoms with E-state index in [9.17, 15) is 9.59 Å². The maximum atomic E-state index is 12.9. The summed E-state index contributed by atoms with van der Waals surface area (Å²) in [6, 6.07) is 15.6. The van der Waals surface area contributed by atoms with Crippen LogP contribution in [0, 0.1) is 5.41 Å². The molecule has 0 aromatic heterocycles. The SMILES string of the molecule is CN1CC2(CCCCc3ccccc3OCC1=O)CCN(C(=O)Cc1ccccc1Cl)CC2. The number of halogens is 1. The maximum absolute atomic E-state index is 12.9. The maximum Gasteiger partial charge on any atom is 0.260 e. The number of rotatable bonds is 2. The van der Waals surface area contributed by atoms with Gasteiger partial charge in [-0.1, -0.05) is 54.4 Å². The average molecular weight is 469 g/mol. The Balaban J connectivity index is 1.41. The molecule has 0 radical (unpaired) electrons. The lowest BCUT2D eigenvalue weighted by atomic mass is 9.73. The Labute approximate surface area is 201 Å². The third-order valence-corrected chi connectivity index (χ3v) is 7.57. The molecule has 0 atom stereocenters. The van der Waals surface area contributed by atoms with Gasteiger partial charge in [-0.2, -0.15) is 0 Å². The average Bonchev–Trinajstić information content (AvgIpc) is 2.82. The van der Waals surface area contributed by atoms with Crippen molar-refractivity contribution in [3.63, 3.8) is 0 Å². The number of nitrogens with zero attached hydrogens (tertiary/aromatic N) is 2. The number of likely N-dealkylation sites (N-methyl/N-ethyl adjacent to an activating group) is 1. The van der Waals surface area contributed by atoms with Crippen molar-refractivity contribution in [3.05, 3.63) is 64.7 Å². The van der Waals surface area contributed by atoms with Gasteiger partial charge in [0, 0.05) is 31.7 Å². The van der Waals surface area contributed by atoms with Crippen LogP contribution < -0.4 is 4.74 Å². The number of piperidine rings is 1. The summed E-state index contributed by atoms with van der Waals surface area (Å²) in [6.45, 7) is 2.23. The zero-order valence-corrected chi connectivity index (χ0v) is 20.2. The first-order chi connectivity index (χ1) is 16.0. The van der Waals surface area contributed by atoms with E-state index in [1.807, 2.05) is 59.3 Å². The first kappa shape index (κ1) is 23.6. The molecule has 2 amide bonds. The Morgan fingerprint density at radius 3 is 2.55 bits per heavy atom.